The molecule has 0 amide bonds. The molecule has 0 radical (unpaired) electrons. The number of rotatable bonds is 3. The molecule has 0 heterocycles. The third-order valence-corrected chi connectivity index (χ3v) is 1.96. The van der Waals surface area contributed by atoms with Crippen molar-refractivity contribution in [2.45, 2.75) is 6.92 Å². The molecule has 66 valence electrons. The maximum Gasteiger partial charge on any atom is 0.249 e. The van der Waals surface area contributed by atoms with Gasteiger partial charge in [-0.15, -0.1) is 0 Å². The fourth-order valence-electron chi connectivity index (χ4n) is 1.26. The van der Waals surface area contributed by atoms with Crippen LogP contribution in [0.25, 0.3) is 0 Å². The highest BCUT2D eigenvalue weighted by atomic mass is 16.2. The lowest BCUT2D eigenvalue weighted by molar-refractivity contribution is 0.869. The van der Waals surface area contributed by atoms with E-state index in [0.29, 0.717) is 24.3 Å². The molecule has 1 rings (SSSR count). The van der Waals surface area contributed by atoms with Gasteiger partial charge in [-0.25, -0.2) is 0 Å². The lowest BCUT2D eigenvalue weighted by Gasteiger charge is -2.20. The molecule has 1 aromatic rings. The Balaban J connectivity index is 2.91. The lowest BCUT2D eigenvalue weighted by Crippen LogP contribution is -2.42. The predicted octanol–water partition coefficient (Wildman–Crippen LogP) is -1.01. The van der Waals surface area contributed by atoms with Gasteiger partial charge in [-0.1, -0.05) is 0 Å². The largest absolute Gasteiger partial charge is 0.370 e. The van der Waals surface area contributed by atoms with E-state index in [2.05, 4.69) is 0 Å². The summed E-state index contributed by atoms with van der Waals surface area (Å²) in [7, 11) is 1.76. The van der Waals surface area contributed by atoms with E-state index in [0.717, 1.165) is 0 Å². The fraction of sp³-hybridized carbons (Fsp3) is 0.500. The zero-order valence-electron chi connectivity index (χ0n) is 7.26. The van der Waals surface area contributed by atoms with Crippen molar-refractivity contribution in [3.05, 3.63) is 26.0 Å². The van der Waals surface area contributed by atoms with Gasteiger partial charge in [0.25, 0.3) is 0 Å². The minimum absolute atomic E-state index is 0.367. The number of nitrogens with two attached hydrogens (primary N) is 1. The average Bonchev–Trinajstić information content (AvgIpc) is 2.05. The number of likely N-dealkylation sites (N-methyl/N-ethyl adjacent to an activating group) is 1. The second kappa shape index (κ2) is 3.06. The maximum atomic E-state index is 11.0. The van der Waals surface area contributed by atoms with Crippen molar-refractivity contribution in [1.29, 1.82) is 0 Å². The van der Waals surface area contributed by atoms with Crippen molar-refractivity contribution in [3.8, 4) is 0 Å². The topological polar surface area (TPSA) is 63.4 Å². The first-order chi connectivity index (χ1) is 5.59. The van der Waals surface area contributed by atoms with Crippen LogP contribution >= 0.6 is 0 Å². The van der Waals surface area contributed by atoms with Crippen molar-refractivity contribution in [2.75, 3.05) is 25.0 Å². The van der Waals surface area contributed by atoms with E-state index >= 15 is 0 Å². The molecular formula is C8H12N2O2. The molecule has 0 aliphatic rings. The minimum atomic E-state index is -0.386. The van der Waals surface area contributed by atoms with Crippen molar-refractivity contribution in [3.63, 3.8) is 0 Å². The zero-order valence-corrected chi connectivity index (χ0v) is 7.26. The number of hydrogen-bond acceptors (Lipinski definition) is 4. The molecule has 4 nitrogen and oxygen atoms in total. The first-order valence-electron chi connectivity index (χ1n) is 3.80. The standard InChI is InChI=1S/C8H12N2O2/c1-5-6(8(12)7(5)11)10(2)4-3-9/h3-4,9H2,1-2H3. The SMILES string of the molecule is Cc1c(N(C)CCN)c(=O)c1=O. The van der Waals surface area contributed by atoms with Crippen LogP contribution < -0.4 is 21.5 Å². The summed E-state index contributed by atoms with van der Waals surface area (Å²) in [6.45, 7) is 2.74. The van der Waals surface area contributed by atoms with Crippen molar-refractivity contribution >= 4 is 5.69 Å². The van der Waals surface area contributed by atoms with Crippen molar-refractivity contribution in [2.24, 2.45) is 5.73 Å². The minimum Gasteiger partial charge on any atom is -0.370 e. The maximum absolute atomic E-state index is 11.0. The van der Waals surface area contributed by atoms with Crippen LogP contribution in [0.5, 0.6) is 0 Å². The highest BCUT2D eigenvalue weighted by molar-refractivity contribution is 5.57. The molecule has 0 bridgehead atoms. The van der Waals surface area contributed by atoms with Crippen LogP contribution in [0.2, 0.25) is 0 Å². The van der Waals surface area contributed by atoms with Gasteiger partial charge in [-0.3, -0.25) is 9.59 Å². The number of anilines is 1. The average molecular weight is 168 g/mol. The molecule has 12 heavy (non-hydrogen) atoms. The van der Waals surface area contributed by atoms with Gasteiger partial charge in [0.15, 0.2) is 0 Å². The third-order valence-electron chi connectivity index (χ3n) is 1.96. The second-order valence-electron chi connectivity index (χ2n) is 2.84. The molecule has 0 spiro atoms. The molecular weight excluding hydrogens is 156 g/mol. The van der Waals surface area contributed by atoms with Gasteiger partial charge in [0.2, 0.25) is 10.9 Å². The van der Waals surface area contributed by atoms with E-state index in [9.17, 15) is 9.59 Å². The monoisotopic (exact) mass is 168 g/mol. The molecule has 0 saturated heterocycles. The fourth-order valence-corrected chi connectivity index (χ4v) is 1.26. The summed E-state index contributed by atoms with van der Waals surface area (Å²) in [5, 5.41) is 0. The Morgan fingerprint density at radius 2 is 1.92 bits per heavy atom. The summed E-state index contributed by atoms with van der Waals surface area (Å²) in [6.07, 6.45) is 0. The second-order valence-corrected chi connectivity index (χ2v) is 2.84. The molecule has 0 atom stereocenters. The van der Waals surface area contributed by atoms with Crippen LogP contribution in [0.4, 0.5) is 5.69 Å². The van der Waals surface area contributed by atoms with Crippen molar-refractivity contribution < 1.29 is 0 Å². The Labute approximate surface area is 70.3 Å². The first-order valence-corrected chi connectivity index (χ1v) is 3.80. The molecule has 0 saturated carbocycles. The molecule has 4 heteroatoms. The first kappa shape index (κ1) is 8.93. The summed E-state index contributed by atoms with van der Waals surface area (Å²) < 4.78 is 0. The van der Waals surface area contributed by atoms with Crippen LogP contribution in [0.1, 0.15) is 5.56 Å². The highest BCUT2D eigenvalue weighted by Gasteiger charge is 2.19. The predicted molar refractivity (Wildman–Crippen MR) is 48.4 cm³/mol. The van der Waals surface area contributed by atoms with Crippen LogP contribution in [-0.4, -0.2) is 20.1 Å². The number of nitrogens with zero attached hydrogens (tertiary/aromatic N) is 1. The van der Waals surface area contributed by atoms with Crippen LogP contribution in [0.15, 0.2) is 9.59 Å². The van der Waals surface area contributed by atoms with Gasteiger partial charge in [0, 0.05) is 25.7 Å². The molecule has 1 aromatic carbocycles. The normalized spacial score (nSPS) is 10.6. The summed E-state index contributed by atoms with van der Waals surface area (Å²) in [5.74, 6) is 0. The quantitative estimate of drug-likeness (QED) is 0.587. The molecule has 0 aromatic heterocycles. The van der Waals surface area contributed by atoms with Gasteiger partial charge in [-0.05, 0) is 6.92 Å². The van der Waals surface area contributed by atoms with Crippen molar-refractivity contribution in [1.82, 2.24) is 0 Å². The van der Waals surface area contributed by atoms with Gasteiger partial charge in [0.05, 0.1) is 5.69 Å². The van der Waals surface area contributed by atoms with Gasteiger partial charge < -0.3 is 10.6 Å². The van der Waals surface area contributed by atoms with E-state index < -0.39 is 0 Å². The molecule has 0 aliphatic heterocycles. The summed E-state index contributed by atoms with van der Waals surface area (Å²) in [6, 6.07) is 0. The lowest BCUT2D eigenvalue weighted by atomic mass is 10.1. The van der Waals surface area contributed by atoms with E-state index in [4.69, 9.17) is 5.73 Å². The van der Waals surface area contributed by atoms with Gasteiger partial charge in [0.1, 0.15) is 0 Å². The summed E-state index contributed by atoms with van der Waals surface area (Å²) >= 11 is 0. The molecule has 0 unspecified atom stereocenters. The summed E-state index contributed by atoms with van der Waals surface area (Å²) in [4.78, 5) is 23.5. The van der Waals surface area contributed by atoms with Crippen LogP contribution in [0, 0.1) is 6.92 Å². The molecule has 0 fully saturated rings. The Morgan fingerprint density at radius 3 is 2.33 bits per heavy atom. The third kappa shape index (κ3) is 1.14. The van der Waals surface area contributed by atoms with E-state index in [1.54, 1.807) is 18.9 Å². The zero-order chi connectivity index (χ0) is 9.30. The molecule has 0 aliphatic carbocycles. The Hall–Kier alpha value is -1.16. The Morgan fingerprint density at radius 1 is 1.33 bits per heavy atom. The van der Waals surface area contributed by atoms with E-state index in [1.807, 2.05) is 0 Å². The van der Waals surface area contributed by atoms with E-state index in [1.165, 1.54) is 0 Å². The van der Waals surface area contributed by atoms with Gasteiger partial charge in [-0.2, -0.15) is 0 Å². The summed E-state index contributed by atoms with van der Waals surface area (Å²) in [5.41, 5.74) is 5.63. The van der Waals surface area contributed by atoms with Crippen LogP contribution in [-0.2, 0) is 0 Å². The van der Waals surface area contributed by atoms with E-state index in [-0.39, 0.29) is 10.9 Å². The smallest absolute Gasteiger partial charge is 0.249 e. The Bertz CT molecular complexity index is 350. The van der Waals surface area contributed by atoms with Crippen LogP contribution in [0.3, 0.4) is 0 Å². The Kier molecular flexibility index (Phi) is 2.28. The number of hydrogen-bond donors (Lipinski definition) is 1. The molecule has 2 N–H and O–H groups in total. The highest BCUT2D eigenvalue weighted by Crippen LogP contribution is 2.09. The van der Waals surface area contributed by atoms with Gasteiger partial charge >= 0.3 is 0 Å².